The summed E-state index contributed by atoms with van der Waals surface area (Å²) >= 11 is 1.82. The van der Waals surface area contributed by atoms with Crippen molar-refractivity contribution >= 4 is 23.1 Å². The Morgan fingerprint density at radius 1 is 1.00 bits per heavy atom. The smallest absolute Gasteiger partial charge is 0.231 e. The molecule has 0 radical (unpaired) electrons. The Morgan fingerprint density at radius 2 is 1.76 bits per heavy atom. The van der Waals surface area contributed by atoms with Gasteiger partial charge in [0.15, 0.2) is 0 Å². The minimum Gasteiger partial charge on any atom is -0.381 e. The molecule has 2 bridgehead atoms. The van der Waals surface area contributed by atoms with Crippen molar-refractivity contribution in [1.29, 1.82) is 0 Å². The van der Waals surface area contributed by atoms with Crippen LogP contribution in [-0.4, -0.2) is 35.6 Å². The van der Waals surface area contributed by atoms with Gasteiger partial charge in [-0.25, -0.2) is 9.97 Å². The number of methoxy groups -OCH3 is 1. The van der Waals surface area contributed by atoms with Gasteiger partial charge < -0.3 is 4.74 Å². The van der Waals surface area contributed by atoms with E-state index in [4.69, 9.17) is 14.7 Å². The summed E-state index contributed by atoms with van der Waals surface area (Å²) in [7, 11) is 1.89. The van der Waals surface area contributed by atoms with Gasteiger partial charge in [0.25, 0.3) is 0 Å². The molecule has 6 aliphatic carbocycles. The van der Waals surface area contributed by atoms with Crippen molar-refractivity contribution in [3.8, 4) is 10.4 Å². The molecule has 3 atom stereocenters. The lowest BCUT2D eigenvalue weighted by molar-refractivity contribution is -0.124. The van der Waals surface area contributed by atoms with Crippen LogP contribution in [0.5, 0.6) is 0 Å². The summed E-state index contributed by atoms with van der Waals surface area (Å²) in [6.45, 7) is 3.25. The van der Waals surface area contributed by atoms with Crippen molar-refractivity contribution in [2.24, 2.45) is 28.6 Å². The van der Waals surface area contributed by atoms with E-state index in [0.717, 1.165) is 36.7 Å². The standard InChI is InChI=1S/C35H49N3O2S/c1-24-20-28(10-11-29(24)40-2)35-16-13-34(14-17-35,15-18-35)23-38(33(39)26-6-4-3-5-7-26)31-21-27(12-19-36-31)30-22-37-32(41-30)25-8-9-25/h12,19,21-22,24-26,28-29H,3-11,13-18,20,23H2,1-2H3. The Labute approximate surface area is 250 Å². The van der Waals surface area contributed by atoms with Crippen LogP contribution in [-0.2, 0) is 9.53 Å². The Bertz CT molecular complexity index is 1210. The van der Waals surface area contributed by atoms with Gasteiger partial charge in [-0.3, -0.25) is 9.69 Å². The molecule has 41 heavy (non-hydrogen) atoms. The molecule has 0 saturated heterocycles. The maximum Gasteiger partial charge on any atom is 0.231 e. The zero-order valence-electron chi connectivity index (χ0n) is 25.3. The van der Waals surface area contributed by atoms with E-state index in [1.54, 1.807) is 0 Å². The van der Waals surface area contributed by atoms with Crippen molar-refractivity contribution < 1.29 is 9.53 Å². The Balaban J connectivity index is 1.11. The van der Waals surface area contributed by atoms with Gasteiger partial charge in [-0.15, -0.1) is 11.3 Å². The van der Waals surface area contributed by atoms with Crippen LogP contribution < -0.4 is 4.90 Å². The van der Waals surface area contributed by atoms with Crippen LogP contribution in [0.3, 0.4) is 0 Å². The third kappa shape index (κ3) is 5.53. The number of thiazole rings is 1. The highest BCUT2D eigenvalue weighted by molar-refractivity contribution is 7.15. The quantitative estimate of drug-likeness (QED) is 0.316. The first-order valence-electron chi connectivity index (χ1n) is 16.7. The molecule has 222 valence electrons. The topological polar surface area (TPSA) is 55.3 Å². The van der Waals surface area contributed by atoms with Crippen LogP contribution in [0, 0.1) is 28.6 Å². The molecular formula is C35H49N3O2S. The molecule has 6 saturated carbocycles. The molecule has 0 N–H and O–H groups in total. The molecule has 2 aromatic rings. The minimum absolute atomic E-state index is 0.152. The van der Waals surface area contributed by atoms with Gasteiger partial charge >= 0.3 is 0 Å². The van der Waals surface area contributed by atoms with Gasteiger partial charge in [0, 0.05) is 37.9 Å². The monoisotopic (exact) mass is 575 g/mol. The average Bonchev–Trinajstić information content (AvgIpc) is 3.77. The normalized spacial score (nSPS) is 34.0. The number of fused-ring (bicyclic) bond motifs is 3. The summed E-state index contributed by atoms with van der Waals surface area (Å²) in [4.78, 5) is 27.2. The highest BCUT2D eigenvalue weighted by Gasteiger charge is 2.53. The van der Waals surface area contributed by atoms with E-state index in [0.29, 0.717) is 29.3 Å². The second-order valence-corrected chi connectivity index (χ2v) is 15.7. The maximum atomic E-state index is 14.3. The SMILES string of the molecule is COC1CCC(C23CCC(CN(C(=O)C4CCCCC4)c4cc(-c5cnc(C6CC6)s5)ccn4)(CC2)CC3)CC1C. The van der Waals surface area contributed by atoms with Crippen LogP contribution in [0.4, 0.5) is 5.82 Å². The van der Waals surface area contributed by atoms with E-state index in [1.165, 1.54) is 99.8 Å². The van der Waals surface area contributed by atoms with Crippen LogP contribution in [0.1, 0.15) is 121 Å². The number of hydrogen-bond donors (Lipinski definition) is 0. The molecule has 2 aromatic heterocycles. The molecular weight excluding hydrogens is 526 g/mol. The van der Waals surface area contributed by atoms with Gasteiger partial charge in [0.1, 0.15) is 5.82 Å². The summed E-state index contributed by atoms with van der Waals surface area (Å²) in [6.07, 6.45) is 24.3. The number of carbonyl (C=O) groups is 1. The molecule has 8 rings (SSSR count). The second-order valence-electron chi connectivity index (χ2n) is 14.6. The number of amides is 1. The van der Waals surface area contributed by atoms with E-state index in [9.17, 15) is 4.79 Å². The number of aromatic nitrogens is 2. The Kier molecular flexibility index (Phi) is 7.77. The van der Waals surface area contributed by atoms with Crippen molar-refractivity contribution in [2.75, 3.05) is 18.6 Å². The molecule has 6 fully saturated rings. The predicted molar refractivity (Wildman–Crippen MR) is 166 cm³/mol. The highest BCUT2D eigenvalue weighted by Crippen LogP contribution is 2.62. The number of nitrogens with zero attached hydrogens (tertiary/aromatic N) is 3. The van der Waals surface area contributed by atoms with Gasteiger partial charge in [0.05, 0.1) is 16.0 Å². The number of ether oxygens (including phenoxy) is 1. The van der Waals surface area contributed by atoms with Crippen molar-refractivity contribution in [1.82, 2.24) is 9.97 Å². The molecule has 6 heteroatoms. The summed E-state index contributed by atoms with van der Waals surface area (Å²) in [5.41, 5.74) is 1.92. The van der Waals surface area contributed by atoms with Gasteiger partial charge in [-0.2, -0.15) is 0 Å². The summed E-state index contributed by atoms with van der Waals surface area (Å²) in [5, 5.41) is 1.27. The van der Waals surface area contributed by atoms with Crippen LogP contribution in [0.2, 0.25) is 0 Å². The molecule has 0 aromatic carbocycles. The number of rotatable bonds is 8. The average molecular weight is 576 g/mol. The zero-order chi connectivity index (χ0) is 28.0. The fourth-order valence-corrected chi connectivity index (χ4v) is 10.3. The van der Waals surface area contributed by atoms with Crippen molar-refractivity contribution in [3.05, 3.63) is 29.5 Å². The van der Waals surface area contributed by atoms with E-state index in [-0.39, 0.29) is 11.3 Å². The zero-order valence-corrected chi connectivity index (χ0v) is 26.1. The van der Waals surface area contributed by atoms with Crippen LogP contribution in [0.25, 0.3) is 10.4 Å². The molecule has 0 aliphatic heterocycles. The molecule has 2 heterocycles. The lowest BCUT2D eigenvalue weighted by Crippen LogP contribution is -2.53. The van der Waals surface area contributed by atoms with Gasteiger partial charge in [-0.05, 0) is 124 Å². The molecule has 6 aliphatic rings. The predicted octanol–water partition coefficient (Wildman–Crippen LogP) is 8.79. The number of anilines is 1. The number of carbonyl (C=O) groups excluding carboxylic acids is 1. The summed E-state index contributed by atoms with van der Waals surface area (Å²) in [6, 6.07) is 4.29. The first-order chi connectivity index (χ1) is 20.0. The van der Waals surface area contributed by atoms with Crippen molar-refractivity contribution in [2.45, 2.75) is 122 Å². The van der Waals surface area contributed by atoms with E-state index < -0.39 is 0 Å². The van der Waals surface area contributed by atoms with Gasteiger partial charge in [0.2, 0.25) is 5.91 Å². The van der Waals surface area contributed by atoms with E-state index >= 15 is 0 Å². The molecule has 3 unspecified atom stereocenters. The van der Waals surface area contributed by atoms with Crippen molar-refractivity contribution in [3.63, 3.8) is 0 Å². The van der Waals surface area contributed by atoms with Crippen LogP contribution in [0.15, 0.2) is 24.5 Å². The van der Waals surface area contributed by atoms with E-state index in [2.05, 4.69) is 24.0 Å². The first kappa shape index (κ1) is 28.0. The Morgan fingerprint density at radius 3 is 2.44 bits per heavy atom. The maximum absolute atomic E-state index is 14.3. The summed E-state index contributed by atoms with van der Waals surface area (Å²) in [5.74, 6) is 3.53. The Hall–Kier alpha value is -1.79. The van der Waals surface area contributed by atoms with Crippen LogP contribution >= 0.6 is 11.3 Å². The lowest BCUT2D eigenvalue weighted by Gasteiger charge is -2.58. The number of pyridine rings is 1. The molecule has 5 nitrogen and oxygen atoms in total. The third-order valence-corrected chi connectivity index (χ3v) is 13.4. The second kappa shape index (κ2) is 11.4. The fraction of sp³-hybridized carbons (Fsp3) is 0.743. The number of hydrogen-bond acceptors (Lipinski definition) is 5. The lowest BCUT2D eigenvalue weighted by atomic mass is 9.48. The van der Waals surface area contributed by atoms with E-state index in [1.807, 2.05) is 30.8 Å². The van der Waals surface area contributed by atoms with Gasteiger partial charge in [-0.1, -0.05) is 26.2 Å². The third-order valence-electron chi connectivity index (χ3n) is 12.2. The molecule has 0 spiro atoms. The fourth-order valence-electron chi connectivity index (χ4n) is 9.25. The largest absolute Gasteiger partial charge is 0.381 e. The molecule has 1 amide bonds. The minimum atomic E-state index is 0.152. The highest BCUT2D eigenvalue weighted by atomic mass is 32.1. The summed E-state index contributed by atoms with van der Waals surface area (Å²) < 4.78 is 5.79. The first-order valence-corrected chi connectivity index (χ1v) is 17.6.